The molecular weight excluding hydrogens is 174 g/mol. The van der Waals surface area contributed by atoms with E-state index in [0.717, 1.165) is 11.0 Å². The van der Waals surface area contributed by atoms with Gasteiger partial charge in [-0.05, 0) is 31.5 Å². The number of aryl methyl sites for hydroxylation is 2. The molecular formula is C11H11N3. The molecule has 0 atom stereocenters. The number of rotatable bonds is 0. The van der Waals surface area contributed by atoms with Crippen molar-refractivity contribution >= 4 is 21.9 Å². The third-order valence-electron chi connectivity index (χ3n) is 2.85. The van der Waals surface area contributed by atoms with Crippen molar-refractivity contribution in [2.45, 2.75) is 13.8 Å². The summed E-state index contributed by atoms with van der Waals surface area (Å²) in [6, 6.07) is 4.15. The van der Waals surface area contributed by atoms with E-state index in [1.807, 2.05) is 0 Å². The van der Waals surface area contributed by atoms with E-state index in [9.17, 15) is 0 Å². The zero-order chi connectivity index (χ0) is 9.71. The number of nitrogens with zero attached hydrogens (tertiary/aromatic N) is 1. The van der Waals surface area contributed by atoms with Crippen molar-refractivity contribution in [3.63, 3.8) is 0 Å². The van der Waals surface area contributed by atoms with Crippen molar-refractivity contribution in [1.29, 1.82) is 0 Å². The molecule has 2 aromatic heterocycles. The molecule has 0 aliphatic carbocycles. The molecule has 3 heteroatoms. The summed E-state index contributed by atoms with van der Waals surface area (Å²) in [5.41, 5.74) is 5.83. The van der Waals surface area contributed by atoms with Crippen LogP contribution in [0.4, 0.5) is 0 Å². The monoisotopic (exact) mass is 185 g/mol. The molecule has 0 amide bonds. The summed E-state index contributed by atoms with van der Waals surface area (Å²) in [6.45, 7) is 4.22. The number of hydrogen-bond donors (Lipinski definition) is 2. The van der Waals surface area contributed by atoms with Gasteiger partial charge in [0.2, 0.25) is 0 Å². The lowest BCUT2D eigenvalue weighted by Gasteiger charge is -1.93. The standard InChI is InChI=1S/C11H11N3/c1-6-7(2)14-8-3-4-9-11(10(6)8)13-5-12-9/h3-5,14H,1-2H3,(H,12,13). The zero-order valence-electron chi connectivity index (χ0n) is 8.18. The van der Waals surface area contributed by atoms with Gasteiger partial charge in [0.1, 0.15) is 0 Å². The molecule has 0 saturated carbocycles. The van der Waals surface area contributed by atoms with E-state index in [2.05, 4.69) is 40.9 Å². The zero-order valence-corrected chi connectivity index (χ0v) is 8.18. The second kappa shape index (κ2) is 2.38. The van der Waals surface area contributed by atoms with Crippen molar-refractivity contribution in [2.24, 2.45) is 0 Å². The highest BCUT2D eigenvalue weighted by molar-refractivity contribution is 6.05. The van der Waals surface area contributed by atoms with Crippen LogP contribution in [0, 0.1) is 13.8 Å². The maximum atomic E-state index is 4.35. The summed E-state index contributed by atoms with van der Waals surface area (Å²) in [5.74, 6) is 0. The van der Waals surface area contributed by atoms with E-state index < -0.39 is 0 Å². The SMILES string of the molecule is Cc1[nH]c2ccc3[nH]cnc3c2c1C. The van der Waals surface area contributed by atoms with Crippen molar-refractivity contribution in [3.8, 4) is 0 Å². The van der Waals surface area contributed by atoms with Crippen LogP contribution in [0.3, 0.4) is 0 Å². The molecule has 0 unspecified atom stereocenters. The quantitative estimate of drug-likeness (QED) is 0.555. The van der Waals surface area contributed by atoms with Gasteiger partial charge in [0.05, 0.1) is 17.4 Å². The summed E-state index contributed by atoms with van der Waals surface area (Å²) in [7, 11) is 0. The van der Waals surface area contributed by atoms with Crippen LogP contribution in [0.5, 0.6) is 0 Å². The molecule has 0 radical (unpaired) electrons. The first-order valence-electron chi connectivity index (χ1n) is 4.68. The Hall–Kier alpha value is -1.77. The van der Waals surface area contributed by atoms with Crippen molar-refractivity contribution < 1.29 is 0 Å². The number of aromatic amines is 2. The third-order valence-corrected chi connectivity index (χ3v) is 2.85. The van der Waals surface area contributed by atoms with E-state index in [-0.39, 0.29) is 0 Å². The average molecular weight is 185 g/mol. The van der Waals surface area contributed by atoms with Crippen LogP contribution in [0.1, 0.15) is 11.3 Å². The van der Waals surface area contributed by atoms with E-state index >= 15 is 0 Å². The van der Waals surface area contributed by atoms with Gasteiger partial charge in [-0.3, -0.25) is 0 Å². The Morgan fingerprint density at radius 3 is 2.79 bits per heavy atom. The average Bonchev–Trinajstić information content (AvgIpc) is 2.72. The molecule has 1 aromatic carbocycles. The number of benzene rings is 1. The molecule has 2 heterocycles. The van der Waals surface area contributed by atoms with Gasteiger partial charge in [0.15, 0.2) is 0 Å². The molecule has 0 aliphatic rings. The fourth-order valence-electron chi connectivity index (χ4n) is 1.98. The normalized spacial score (nSPS) is 11.6. The molecule has 3 nitrogen and oxygen atoms in total. The van der Waals surface area contributed by atoms with Crippen LogP contribution in [-0.4, -0.2) is 15.0 Å². The topological polar surface area (TPSA) is 44.5 Å². The molecule has 0 fully saturated rings. The van der Waals surface area contributed by atoms with Crippen LogP contribution < -0.4 is 0 Å². The lowest BCUT2D eigenvalue weighted by molar-refractivity contribution is 1.25. The minimum absolute atomic E-state index is 1.06. The summed E-state index contributed by atoms with van der Waals surface area (Å²) >= 11 is 0. The van der Waals surface area contributed by atoms with Gasteiger partial charge in [0.25, 0.3) is 0 Å². The van der Waals surface area contributed by atoms with Gasteiger partial charge in [-0.15, -0.1) is 0 Å². The number of H-pyrrole nitrogens is 2. The van der Waals surface area contributed by atoms with Crippen LogP contribution in [0.2, 0.25) is 0 Å². The number of fused-ring (bicyclic) bond motifs is 3. The van der Waals surface area contributed by atoms with E-state index in [1.54, 1.807) is 6.33 Å². The molecule has 0 spiro atoms. The van der Waals surface area contributed by atoms with Gasteiger partial charge < -0.3 is 9.97 Å². The Morgan fingerprint density at radius 2 is 1.93 bits per heavy atom. The van der Waals surface area contributed by atoms with E-state index in [1.165, 1.54) is 22.2 Å². The first-order chi connectivity index (χ1) is 6.77. The molecule has 2 N–H and O–H groups in total. The number of aromatic nitrogens is 3. The maximum absolute atomic E-state index is 4.35. The Kier molecular flexibility index (Phi) is 1.29. The lowest BCUT2D eigenvalue weighted by Crippen LogP contribution is -1.74. The lowest BCUT2D eigenvalue weighted by atomic mass is 10.1. The Balaban J connectivity index is 2.66. The van der Waals surface area contributed by atoms with Crippen LogP contribution >= 0.6 is 0 Å². The highest BCUT2D eigenvalue weighted by Crippen LogP contribution is 2.27. The van der Waals surface area contributed by atoms with Gasteiger partial charge in [0, 0.05) is 16.6 Å². The highest BCUT2D eigenvalue weighted by Gasteiger charge is 2.08. The number of hydrogen-bond acceptors (Lipinski definition) is 1. The summed E-state index contributed by atoms with van der Waals surface area (Å²) in [6.07, 6.45) is 1.74. The smallest absolute Gasteiger partial charge is 0.0979 e. The first-order valence-corrected chi connectivity index (χ1v) is 4.68. The Bertz CT molecular complexity index is 616. The number of nitrogens with one attached hydrogen (secondary N) is 2. The Morgan fingerprint density at radius 1 is 1.14 bits per heavy atom. The van der Waals surface area contributed by atoms with E-state index in [4.69, 9.17) is 0 Å². The van der Waals surface area contributed by atoms with Crippen LogP contribution in [0.15, 0.2) is 18.5 Å². The minimum atomic E-state index is 1.06. The van der Waals surface area contributed by atoms with Crippen LogP contribution in [0.25, 0.3) is 21.9 Å². The van der Waals surface area contributed by atoms with Crippen molar-refractivity contribution in [1.82, 2.24) is 15.0 Å². The minimum Gasteiger partial charge on any atom is -0.358 e. The van der Waals surface area contributed by atoms with Gasteiger partial charge in [-0.1, -0.05) is 0 Å². The van der Waals surface area contributed by atoms with Crippen molar-refractivity contribution in [3.05, 3.63) is 29.7 Å². The van der Waals surface area contributed by atoms with Gasteiger partial charge in [-0.25, -0.2) is 4.98 Å². The molecule has 14 heavy (non-hydrogen) atoms. The van der Waals surface area contributed by atoms with Gasteiger partial charge >= 0.3 is 0 Å². The molecule has 70 valence electrons. The molecule has 0 bridgehead atoms. The van der Waals surface area contributed by atoms with Crippen molar-refractivity contribution in [2.75, 3.05) is 0 Å². The molecule has 0 aliphatic heterocycles. The fourth-order valence-corrected chi connectivity index (χ4v) is 1.98. The predicted molar refractivity (Wildman–Crippen MR) is 57.4 cm³/mol. The summed E-state index contributed by atoms with van der Waals surface area (Å²) in [4.78, 5) is 10.8. The number of imidazole rings is 1. The van der Waals surface area contributed by atoms with E-state index in [0.29, 0.717) is 0 Å². The second-order valence-electron chi connectivity index (χ2n) is 3.66. The second-order valence-corrected chi connectivity index (χ2v) is 3.66. The fraction of sp³-hybridized carbons (Fsp3) is 0.182. The maximum Gasteiger partial charge on any atom is 0.0979 e. The largest absolute Gasteiger partial charge is 0.358 e. The molecule has 3 aromatic rings. The van der Waals surface area contributed by atoms with Gasteiger partial charge in [-0.2, -0.15) is 0 Å². The van der Waals surface area contributed by atoms with Crippen LogP contribution in [-0.2, 0) is 0 Å². The summed E-state index contributed by atoms with van der Waals surface area (Å²) < 4.78 is 0. The third kappa shape index (κ3) is 0.789. The molecule has 3 rings (SSSR count). The molecule has 0 saturated heterocycles. The predicted octanol–water partition coefficient (Wildman–Crippen LogP) is 2.66. The summed E-state index contributed by atoms with van der Waals surface area (Å²) in [5, 5.41) is 1.24. The Labute approximate surface area is 81.2 Å². The first kappa shape index (κ1) is 7.62. The highest BCUT2D eigenvalue weighted by atomic mass is 14.9.